The number of para-hydroxylation sites is 2. The molecule has 14 rings (SSSR count). The minimum atomic E-state index is -0.236. The fraction of sp³-hybridized carbons (Fsp3) is 0.0952. The van der Waals surface area contributed by atoms with Gasteiger partial charge < -0.3 is 4.42 Å². The van der Waals surface area contributed by atoms with Crippen molar-refractivity contribution in [3.8, 4) is 51.0 Å². The maximum absolute atomic E-state index is 6.45. The number of hydrogen-bond acceptors (Lipinski definition) is 4. The second kappa shape index (κ2) is 15.3. The summed E-state index contributed by atoms with van der Waals surface area (Å²) < 4.78 is 8.80. The van der Waals surface area contributed by atoms with Crippen LogP contribution < -0.4 is 0 Å². The summed E-state index contributed by atoms with van der Waals surface area (Å²) in [6.07, 6.45) is 1.25. The summed E-state index contributed by atoms with van der Waals surface area (Å²) in [6, 6.07) is 69.5. The molecule has 0 saturated heterocycles. The van der Waals surface area contributed by atoms with Crippen LogP contribution >= 0.6 is 0 Å². The molecule has 0 spiro atoms. The lowest BCUT2D eigenvalue weighted by molar-refractivity contribution is 0.662. The molecule has 5 heteroatoms. The molecule has 0 N–H and O–H groups in total. The fourth-order valence-electron chi connectivity index (χ4n) is 11.1. The highest BCUT2D eigenvalue weighted by Crippen LogP contribution is 2.54. The van der Waals surface area contributed by atoms with Crippen LogP contribution in [0.3, 0.4) is 0 Å². The van der Waals surface area contributed by atoms with Gasteiger partial charge in [0.05, 0.1) is 11.0 Å². The number of aromatic nitrogens is 4. The molecule has 3 heterocycles. The zero-order chi connectivity index (χ0) is 45.7. The number of fused-ring (bicyclic) bond motifs is 15. The van der Waals surface area contributed by atoms with Crippen molar-refractivity contribution in [3.63, 3.8) is 0 Å². The monoisotopic (exact) mass is 874 g/mol. The minimum absolute atomic E-state index is 0.236. The van der Waals surface area contributed by atoms with Crippen molar-refractivity contribution in [1.82, 2.24) is 19.5 Å². The van der Waals surface area contributed by atoms with E-state index in [1.807, 2.05) is 12.1 Å². The smallest absolute Gasteiger partial charge is 0.238 e. The van der Waals surface area contributed by atoms with Crippen LogP contribution in [0.1, 0.15) is 45.2 Å². The molecule has 0 saturated carbocycles. The largest absolute Gasteiger partial charge is 0.456 e. The van der Waals surface area contributed by atoms with Crippen LogP contribution in [0.5, 0.6) is 0 Å². The summed E-state index contributed by atoms with van der Waals surface area (Å²) in [4.78, 5) is 16.4. The summed E-state index contributed by atoms with van der Waals surface area (Å²) in [5, 5.41) is 11.4. The highest BCUT2D eigenvalue weighted by molar-refractivity contribution is 6.33. The SMILES string of the molecule is CC1(C)c2ccccc2-c2cccc(-c3cccc4c5c6ccccc6c6ccccc6c5n(-c5nc(-c6ccc7ccccc7c6)nc(-c6ccc7c(c6)oc6ccccc67)n5)c34)c21.CCC. The Bertz CT molecular complexity index is 4190. The van der Waals surface area contributed by atoms with Crippen molar-refractivity contribution >= 4 is 76.1 Å². The van der Waals surface area contributed by atoms with Crippen LogP contribution in [0, 0.1) is 0 Å². The first-order valence-corrected chi connectivity index (χ1v) is 23.7. The van der Waals surface area contributed by atoms with Crippen LogP contribution in [0.25, 0.3) is 127 Å². The maximum Gasteiger partial charge on any atom is 0.238 e. The van der Waals surface area contributed by atoms with E-state index in [9.17, 15) is 0 Å². The van der Waals surface area contributed by atoms with Crippen LogP contribution in [0.2, 0.25) is 0 Å². The standard InChI is InChI=1S/C60H38N4O.C3H8/c1-60(2)50-27-11-9-19-41(50)45-23-13-24-46(54(45)60)48-25-14-26-49-53-44-21-7-5-17-39(44)40-18-6-8-22-47(40)56(53)64(55(48)49)59-62-57(37-30-29-35-15-3-4-16-36(35)33-37)61-58(63-59)38-31-32-43-42-20-10-12-28-51(42)65-52(43)34-38;1-3-2/h3-34H,1-2H3;3H2,1-2H3. The third-order valence-corrected chi connectivity index (χ3v) is 14.0. The Morgan fingerprint density at radius 3 is 1.76 bits per heavy atom. The van der Waals surface area contributed by atoms with E-state index in [4.69, 9.17) is 19.4 Å². The lowest BCUT2D eigenvalue weighted by atomic mass is 9.78. The first kappa shape index (κ1) is 39.9. The molecule has 0 bridgehead atoms. The van der Waals surface area contributed by atoms with Crippen LogP contribution in [0.15, 0.2) is 199 Å². The van der Waals surface area contributed by atoms with Gasteiger partial charge in [0.15, 0.2) is 11.6 Å². The van der Waals surface area contributed by atoms with Gasteiger partial charge in [-0.15, -0.1) is 0 Å². The Morgan fingerprint density at radius 1 is 0.426 bits per heavy atom. The van der Waals surface area contributed by atoms with Crippen molar-refractivity contribution in [2.24, 2.45) is 0 Å². The van der Waals surface area contributed by atoms with E-state index < -0.39 is 0 Å². The zero-order valence-electron chi connectivity index (χ0n) is 38.4. The molecule has 3 aromatic heterocycles. The van der Waals surface area contributed by atoms with Crippen LogP contribution in [0.4, 0.5) is 0 Å². The number of nitrogens with zero attached hydrogens (tertiary/aromatic N) is 4. The molecular weight excluding hydrogens is 829 g/mol. The number of benzene rings is 10. The van der Waals surface area contributed by atoms with Crippen molar-refractivity contribution in [1.29, 1.82) is 0 Å². The summed E-state index contributed by atoms with van der Waals surface area (Å²) in [5.74, 6) is 1.70. The van der Waals surface area contributed by atoms with E-state index in [-0.39, 0.29) is 5.41 Å². The highest BCUT2D eigenvalue weighted by Gasteiger charge is 2.38. The van der Waals surface area contributed by atoms with E-state index in [2.05, 4.69) is 214 Å². The first-order chi connectivity index (χ1) is 33.4. The van der Waals surface area contributed by atoms with Gasteiger partial charge in [-0.1, -0.05) is 204 Å². The van der Waals surface area contributed by atoms with E-state index >= 15 is 0 Å². The quantitative estimate of drug-likeness (QED) is 0.165. The number of furan rings is 1. The topological polar surface area (TPSA) is 56.7 Å². The van der Waals surface area contributed by atoms with Crippen molar-refractivity contribution in [3.05, 3.63) is 205 Å². The van der Waals surface area contributed by atoms with E-state index in [1.54, 1.807) is 0 Å². The molecule has 324 valence electrons. The fourth-order valence-corrected chi connectivity index (χ4v) is 11.1. The molecule has 0 amide bonds. The molecule has 0 unspecified atom stereocenters. The summed E-state index contributed by atoms with van der Waals surface area (Å²) in [5.41, 5.74) is 12.8. The molecule has 1 aliphatic carbocycles. The van der Waals surface area contributed by atoms with Gasteiger partial charge >= 0.3 is 0 Å². The van der Waals surface area contributed by atoms with Gasteiger partial charge in [0.1, 0.15) is 11.2 Å². The predicted octanol–water partition coefficient (Wildman–Crippen LogP) is 17.1. The van der Waals surface area contributed by atoms with Gasteiger partial charge in [-0.25, -0.2) is 4.98 Å². The molecule has 0 fully saturated rings. The maximum atomic E-state index is 6.45. The molecule has 0 radical (unpaired) electrons. The van der Waals surface area contributed by atoms with Gasteiger partial charge in [-0.3, -0.25) is 4.57 Å². The van der Waals surface area contributed by atoms with E-state index in [1.165, 1.54) is 55.8 Å². The minimum Gasteiger partial charge on any atom is -0.456 e. The average molecular weight is 875 g/mol. The second-order valence-electron chi connectivity index (χ2n) is 18.6. The Kier molecular flexibility index (Phi) is 9.00. The molecule has 1 aliphatic rings. The Hall–Kier alpha value is -8.41. The van der Waals surface area contributed by atoms with Crippen LogP contribution in [-0.2, 0) is 5.41 Å². The molecular formula is C63H46N4O. The van der Waals surface area contributed by atoms with Gasteiger partial charge in [0.25, 0.3) is 0 Å². The Labute approximate surface area is 394 Å². The third kappa shape index (κ3) is 5.91. The van der Waals surface area contributed by atoms with Gasteiger partial charge in [-0.2, -0.15) is 9.97 Å². The summed E-state index contributed by atoms with van der Waals surface area (Å²) in [6.45, 7) is 8.98. The van der Waals surface area contributed by atoms with Gasteiger partial charge in [-0.05, 0) is 79.0 Å². The van der Waals surface area contributed by atoms with Crippen molar-refractivity contribution in [2.45, 2.75) is 39.5 Å². The lowest BCUT2D eigenvalue weighted by Crippen LogP contribution is -2.16. The number of rotatable bonds is 4. The van der Waals surface area contributed by atoms with Gasteiger partial charge in [0, 0.05) is 49.0 Å². The second-order valence-corrected chi connectivity index (χ2v) is 18.6. The van der Waals surface area contributed by atoms with Crippen LogP contribution in [-0.4, -0.2) is 19.5 Å². The molecule has 0 atom stereocenters. The molecule has 10 aromatic carbocycles. The molecule has 68 heavy (non-hydrogen) atoms. The zero-order valence-corrected chi connectivity index (χ0v) is 38.4. The first-order valence-electron chi connectivity index (χ1n) is 23.7. The van der Waals surface area contributed by atoms with E-state index in [0.717, 1.165) is 71.2 Å². The average Bonchev–Trinajstić information content (AvgIpc) is 4.02. The third-order valence-electron chi connectivity index (χ3n) is 14.0. The Morgan fingerprint density at radius 2 is 0.971 bits per heavy atom. The van der Waals surface area contributed by atoms with E-state index in [0.29, 0.717) is 17.6 Å². The van der Waals surface area contributed by atoms with Gasteiger partial charge in [0.2, 0.25) is 5.95 Å². The lowest BCUT2D eigenvalue weighted by Gasteiger charge is -2.25. The molecule has 13 aromatic rings. The van der Waals surface area contributed by atoms with Crippen molar-refractivity contribution in [2.75, 3.05) is 0 Å². The number of hydrogen-bond donors (Lipinski definition) is 0. The Balaban J connectivity index is 0.00000149. The molecule has 5 nitrogen and oxygen atoms in total. The normalized spacial score (nSPS) is 12.9. The predicted molar refractivity (Wildman–Crippen MR) is 284 cm³/mol. The summed E-state index contributed by atoms with van der Waals surface area (Å²) in [7, 11) is 0. The highest BCUT2D eigenvalue weighted by atomic mass is 16.3. The molecule has 0 aliphatic heterocycles. The summed E-state index contributed by atoms with van der Waals surface area (Å²) >= 11 is 0. The van der Waals surface area contributed by atoms with Crippen molar-refractivity contribution < 1.29 is 4.42 Å².